The first-order valence-electron chi connectivity index (χ1n) is 7.13. The number of halogens is 2. The molecule has 0 aliphatic carbocycles. The summed E-state index contributed by atoms with van der Waals surface area (Å²) in [5.74, 6) is 0.0130. The van der Waals surface area contributed by atoms with Crippen molar-refractivity contribution in [3.05, 3.63) is 54.2 Å². The molecule has 1 aromatic heterocycles. The Kier molecular flexibility index (Phi) is 5.47. The maximum absolute atomic E-state index is 14.4. The minimum Gasteiger partial charge on any atom is -0.422 e. The number of rotatable bonds is 7. The second-order valence-corrected chi connectivity index (χ2v) is 5.03. The predicted molar refractivity (Wildman–Crippen MR) is 92.9 cm³/mol. The first kappa shape index (κ1) is 17.4. The summed E-state index contributed by atoms with van der Waals surface area (Å²) >= 11 is 0. The lowest BCUT2D eigenvalue weighted by molar-refractivity contribution is 0.376. The van der Waals surface area contributed by atoms with Crippen LogP contribution < -0.4 is 10.0 Å². The molecule has 0 fully saturated rings. The van der Waals surface area contributed by atoms with E-state index in [0.717, 1.165) is 0 Å². The summed E-state index contributed by atoms with van der Waals surface area (Å²) in [5.41, 5.74) is 1.41. The number of aryl methyl sites for hydroxylation is 1. The van der Waals surface area contributed by atoms with Crippen LogP contribution in [0.25, 0.3) is 6.08 Å². The molecule has 7 heteroatoms. The van der Waals surface area contributed by atoms with Gasteiger partial charge in [-0.15, -0.1) is 5.12 Å². The van der Waals surface area contributed by atoms with Crippen molar-refractivity contribution in [1.82, 2.24) is 4.98 Å². The lowest BCUT2D eigenvalue weighted by Crippen LogP contribution is -2.30. The molecule has 0 saturated heterocycles. The molecule has 5 nitrogen and oxygen atoms in total. The number of benzene rings is 1. The molecule has 0 amide bonds. The van der Waals surface area contributed by atoms with Crippen molar-refractivity contribution in [2.75, 3.05) is 23.7 Å². The minimum absolute atomic E-state index is 0.168. The van der Waals surface area contributed by atoms with E-state index in [1.54, 1.807) is 37.1 Å². The second-order valence-electron chi connectivity index (χ2n) is 5.03. The Bertz CT molecular complexity index is 770. The van der Waals surface area contributed by atoms with Crippen molar-refractivity contribution in [2.45, 2.75) is 6.92 Å². The molecule has 1 heterocycles. The smallest absolute Gasteiger partial charge is 0.328 e. The van der Waals surface area contributed by atoms with Gasteiger partial charge in [0.05, 0.1) is 17.1 Å². The van der Waals surface area contributed by atoms with E-state index in [1.807, 2.05) is 0 Å². The Morgan fingerprint density at radius 2 is 2.17 bits per heavy atom. The molecular formula is C17H18F2N4O. The maximum Gasteiger partial charge on any atom is 0.328 e. The van der Waals surface area contributed by atoms with Crippen molar-refractivity contribution in [1.29, 1.82) is 0 Å². The molecule has 0 aliphatic heterocycles. The minimum atomic E-state index is -0.436. The summed E-state index contributed by atoms with van der Waals surface area (Å²) in [5, 5.41) is 0.356. The lowest BCUT2D eigenvalue weighted by Gasteiger charge is -2.23. The van der Waals surface area contributed by atoms with Gasteiger partial charge in [-0.3, -0.25) is 4.99 Å². The summed E-state index contributed by atoms with van der Waals surface area (Å²) < 4.78 is 33.0. The monoisotopic (exact) mass is 332 g/mol. The second kappa shape index (κ2) is 7.54. The molecule has 2 aromatic rings. The van der Waals surface area contributed by atoms with Gasteiger partial charge in [0.15, 0.2) is 5.76 Å². The summed E-state index contributed by atoms with van der Waals surface area (Å²) in [7, 11) is 1.64. The van der Waals surface area contributed by atoms with Crippen molar-refractivity contribution < 1.29 is 13.3 Å². The number of aromatic nitrogens is 1. The molecule has 0 spiro atoms. The van der Waals surface area contributed by atoms with Gasteiger partial charge in [-0.05, 0) is 31.9 Å². The van der Waals surface area contributed by atoms with E-state index in [1.165, 1.54) is 18.2 Å². The molecule has 0 saturated carbocycles. The fourth-order valence-corrected chi connectivity index (χ4v) is 2.08. The predicted octanol–water partition coefficient (Wildman–Crippen LogP) is 4.44. The highest BCUT2D eigenvalue weighted by Crippen LogP contribution is 2.29. The van der Waals surface area contributed by atoms with Gasteiger partial charge < -0.3 is 9.32 Å². The Hall–Kier alpha value is -2.96. The molecule has 0 atom stereocenters. The number of nitrogens with zero attached hydrogens (tertiary/aromatic N) is 4. The Morgan fingerprint density at radius 1 is 1.42 bits per heavy atom. The molecular weight excluding hydrogens is 314 g/mol. The molecule has 0 aliphatic rings. The van der Waals surface area contributed by atoms with Gasteiger partial charge in [-0.2, -0.15) is 4.98 Å². The van der Waals surface area contributed by atoms with Gasteiger partial charge in [0.1, 0.15) is 12.5 Å². The molecule has 2 rings (SSSR count). The standard InChI is InChI=1S/C17H18F2N4O/c1-5-6-7-16-12(2)21-17(24-16)23(19)11-22(4)15-9-8-13(18)10-14(15)20-3/h5-10H,1,3,11H2,2,4H3/b7-6-. The van der Waals surface area contributed by atoms with Gasteiger partial charge in [0.25, 0.3) is 0 Å². The molecule has 0 radical (unpaired) electrons. The number of anilines is 2. The molecule has 1 aromatic carbocycles. The van der Waals surface area contributed by atoms with Crippen molar-refractivity contribution in [3.8, 4) is 0 Å². The van der Waals surface area contributed by atoms with Crippen LogP contribution in [-0.4, -0.2) is 25.4 Å². The van der Waals surface area contributed by atoms with Crippen molar-refractivity contribution >= 4 is 30.2 Å². The summed E-state index contributed by atoms with van der Waals surface area (Å²) in [6.07, 6.45) is 4.91. The molecule has 0 unspecified atom stereocenters. The molecule has 24 heavy (non-hydrogen) atoms. The third kappa shape index (κ3) is 3.87. The van der Waals surface area contributed by atoms with E-state index < -0.39 is 5.82 Å². The first-order valence-corrected chi connectivity index (χ1v) is 7.13. The van der Waals surface area contributed by atoms with Crippen molar-refractivity contribution in [3.63, 3.8) is 0 Å². The van der Waals surface area contributed by atoms with Crippen LogP contribution >= 0.6 is 0 Å². The summed E-state index contributed by atoms with van der Waals surface area (Å²) in [4.78, 5) is 9.34. The number of oxazole rings is 1. The molecule has 126 valence electrons. The molecule has 0 bridgehead atoms. The zero-order chi connectivity index (χ0) is 17.7. The largest absolute Gasteiger partial charge is 0.422 e. The van der Waals surface area contributed by atoms with Gasteiger partial charge in [0, 0.05) is 13.1 Å². The highest BCUT2D eigenvalue weighted by Gasteiger charge is 2.18. The number of hydrogen-bond acceptors (Lipinski definition) is 5. The Balaban J connectivity index is 2.17. The number of allylic oxidation sites excluding steroid dienone is 2. The highest BCUT2D eigenvalue weighted by molar-refractivity contribution is 5.69. The normalized spacial score (nSPS) is 10.8. The van der Waals surface area contributed by atoms with E-state index in [4.69, 9.17) is 4.42 Å². The van der Waals surface area contributed by atoms with Crippen LogP contribution in [0.15, 0.2) is 46.3 Å². The van der Waals surface area contributed by atoms with E-state index in [0.29, 0.717) is 28.0 Å². The van der Waals surface area contributed by atoms with E-state index >= 15 is 0 Å². The van der Waals surface area contributed by atoms with Crippen molar-refractivity contribution in [2.24, 2.45) is 4.99 Å². The van der Waals surface area contributed by atoms with Crippen LogP contribution in [0.1, 0.15) is 11.5 Å². The van der Waals surface area contributed by atoms with Crippen LogP contribution in [0.2, 0.25) is 0 Å². The average molecular weight is 332 g/mol. The van der Waals surface area contributed by atoms with E-state index in [-0.39, 0.29) is 12.7 Å². The van der Waals surface area contributed by atoms with E-state index in [9.17, 15) is 8.87 Å². The summed E-state index contributed by atoms with van der Waals surface area (Å²) in [6.45, 7) is 8.49. The lowest BCUT2D eigenvalue weighted by atomic mass is 10.2. The van der Waals surface area contributed by atoms with Crippen LogP contribution in [0.5, 0.6) is 0 Å². The van der Waals surface area contributed by atoms with Crippen LogP contribution in [0.4, 0.5) is 26.3 Å². The molecule has 0 N–H and O–H groups in total. The van der Waals surface area contributed by atoms with Crippen LogP contribution in [0, 0.1) is 12.7 Å². The topological polar surface area (TPSA) is 44.9 Å². The van der Waals surface area contributed by atoms with E-state index in [2.05, 4.69) is 23.3 Å². The third-order valence-corrected chi connectivity index (χ3v) is 3.27. The number of hydrogen-bond donors (Lipinski definition) is 0. The quantitative estimate of drug-likeness (QED) is 0.325. The van der Waals surface area contributed by atoms with Crippen LogP contribution in [-0.2, 0) is 0 Å². The Labute approximate surface area is 139 Å². The summed E-state index contributed by atoms with van der Waals surface area (Å²) in [6, 6.07) is 3.84. The SMILES string of the molecule is C=C/C=C\c1oc(N(F)CN(C)c2ccc(F)cc2N=C)nc1C. The fourth-order valence-electron chi connectivity index (χ4n) is 2.08. The van der Waals surface area contributed by atoms with Gasteiger partial charge in [-0.25, -0.2) is 4.39 Å². The van der Waals surface area contributed by atoms with Gasteiger partial charge in [-0.1, -0.05) is 23.2 Å². The van der Waals surface area contributed by atoms with Gasteiger partial charge in [0.2, 0.25) is 0 Å². The Morgan fingerprint density at radius 3 is 2.83 bits per heavy atom. The number of aliphatic imine (C=N–C) groups is 1. The fraction of sp³-hybridized carbons (Fsp3) is 0.176. The average Bonchev–Trinajstić information content (AvgIpc) is 2.93. The first-order chi connectivity index (χ1) is 11.5. The zero-order valence-corrected chi connectivity index (χ0v) is 13.5. The zero-order valence-electron chi connectivity index (χ0n) is 13.5. The third-order valence-electron chi connectivity index (χ3n) is 3.27. The van der Waals surface area contributed by atoms with Crippen LogP contribution in [0.3, 0.4) is 0 Å². The highest BCUT2D eigenvalue weighted by atomic mass is 19.2. The van der Waals surface area contributed by atoms with Gasteiger partial charge >= 0.3 is 6.01 Å². The maximum atomic E-state index is 14.4.